The molecule has 1 aromatic rings. The van der Waals surface area contributed by atoms with Gasteiger partial charge in [-0.05, 0) is 70.2 Å². The van der Waals surface area contributed by atoms with E-state index in [2.05, 4.69) is 22.9 Å². The average molecular weight is 345 g/mol. The Kier molecular flexibility index (Phi) is 4.91. The van der Waals surface area contributed by atoms with Crippen molar-refractivity contribution in [2.45, 2.75) is 65.1 Å². The predicted octanol–water partition coefficient (Wildman–Crippen LogP) is 2.36. The first-order valence-corrected chi connectivity index (χ1v) is 9.33. The molecule has 1 N–H and O–H groups in total. The number of aliphatic hydroxyl groups excluding tert-OH is 1. The van der Waals surface area contributed by atoms with Crippen molar-refractivity contribution in [2.75, 3.05) is 19.6 Å². The molecule has 3 heterocycles. The molecule has 0 saturated carbocycles. The van der Waals surface area contributed by atoms with Crippen LogP contribution in [0.1, 0.15) is 51.3 Å². The number of piperidine rings is 2. The molecule has 25 heavy (non-hydrogen) atoms. The van der Waals surface area contributed by atoms with E-state index in [0.29, 0.717) is 0 Å². The Morgan fingerprint density at radius 1 is 1.36 bits per heavy atom. The number of aromatic nitrogens is 1. The van der Waals surface area contributed by atoms with Gasteiger partial charge in [-0.25, -0.2) is 0 Å². The molecule has 2 aliphatic heterocycles. The Bertz CT molecular complexity index is 636. The highest BCUT2D eigenvalue weighted by Crippen LogP contribution is 2.45. The first-order chi connectivity index (χ1) is 11.7. The number of aryl methyl sites for hydroxylation is 1. The number of pyridine rings is 1. The zero-order valence-corrected chi connectivity index (χ0v) is 16.0. The quantitative estimate of drug-likeness (QED) is 0.894. The van der Waals surface area contributed by atoms with Crippen LogP contribution < -0.4 is 0 Å². The summed E-state index contributed by atoms with van der Waals surface area (Å²) in [5.41, 5.74) is 1.96. The van der Waals surface area contributed by atoms with Gasteiger partial charge in [0.15, 0.2) is 0 Å². The first-order valence-electron chi connectivity index (χ1n) is 9.33. The number of likely N-dealkylation sites (tertiary alicyclic amines) is 2. The van der Waals surface area contributed by atoms with E-state index in [0.717, 1.165) is 51.1 Å². The maximum Gasteiger partial charge on any atom is 0.219 e. The molecular formula is C20H31N3O2. The van der Waals surface area contributed by atoms with Crippen LogP contribution in [-0.2, 0) is 11.3 Å². The number of hydrogen-bond donors (Lipinski definition) is 1. The lowest BCUT2D eigenvalue weighted by atomic mass is 9.67. The maximum atomic E-state index is 12.1. The van der Waals surface area contributed by atoms with E-state index in [1.807, 2.05) is 31.0 Å². The lowest BCUT2D eigenvalue weighted by Gasteiger charge is -2.55. The first kappa shape index (κ1) is 18.3. The molecule has 1 spiro atoms. The third-order valence-corrected chi connectivity index (χ3v) is 6.42. The Hall–Kier alpha value is -1.46. The standard InChI is InChI=1S/C20H31N3O2/c1-15-6-5-9-21-17(15)13-22-10-7-20(8-11-22)12-18(25)19(3,4)23(14-20)16(2)24/h5-6,9,18,25H,7-8,10-14H2,1-4H3/t18-/m0/s1. The second-order valence-corrected chi connectivity index (χ2v) is 8.52. The van der Waals surface area contributed by atoms with Gasteiger partial charge >= 0.3 is 0 Å². The molecule has 5 heteroatoms. The lowest BCUT2D eigenvalue weighted by Crippen LogP contribution is -2.64. The van der Waals surface area contributed by atoms with Gasteiger partial charge in [0.25, 0.3) is 0 Å². The number of carbonyl (C=O) groups excluding carboxylic acids is 1. The molecule has 138 valence electrons. The van der Waals surface area contributed by atoms with Gasteiger partial charge < -0.3 is 10.0 Å². The van der Waals surface area contributed by atoms with Crippen molar-refractivity contribution >= 4 is 5.91 Å². The number of rotatable bonds is 2. The van der Waals surface area contributed by atoms with E-state index in [9.17, 15) is 9.90 Å². The largest absolute Gasteiger partial charge is 0.391 e. The summed E-state index contributed by atoms with van der Waals surface area (Å²) in [6, 6.07) is 4.09. The van der Waals surface area contributed by atoms with Crippen LogP contribution in [0.2, 0.25) is 0 Å². The van der Waals surface area contributed by atoms with E-state index >= 15 is 0 Å². The number of nitrogens with zero attached hydrogens (tertiary/aromatic N) is 3. The number of hydrogen-bond acceptors (Lipinski definition) is 4. The van der Waals surface area contributed by atoms with Gasteiger partial charge in [-0.3, -0.25) is 14.7 Å². The van der Waals surface area contributed by atoms with Crippen LogP contribution >= 0.6 is 0 Å². The summed E-state index contributed by atoms with van der Waals surface area (Å²) < 4.78 is 0. The monoisotopic (exact) mass is 345 g/mol. The molecule has 3 rings (SSSR count). The second kappa shape index (κ2) is 6.69. The molecule has 2 fully saturated rings. The fourth-order valence-corrected chi connectivity index (χ4v) is 4.40. The molecule has 0 radical (unpaired) electrons. The molecule has 2 saturated heterocycles. The van der Waals surface area contributed by atoms with Crippen LogP contribution in [0.25, 0.3) is 0 Å². The smallest absolute Gasteiger partial charge is 0.219 e. The van der Waals surface area contributed by atoms with Gasteiger partial charge in [-0.1, -0.05) is 6.07 Å². The third kappa shape index (κ3) is 3.58. The molecule has 5 nitrogen and oxygen atoms in total. The fraction of sp³-hybridized carbons (Fsp3) is 0.700. The van der Waals surface area contributed by atoms with Gasteiger partial charge in [0.2, 0.25) is 5.91 Å². The van der Waals surface area contributed by atoms with Gasteiger partial charge in [-0.2, -0.15) is 0 Å². The molecule has 0 aliphatic carbocycles. The predicted molar refractivity (Wildman–Crippen MR) is 98.0 cm³/mol. The SMILES string of the molecule is CC(=O)N1CC2(CCN(Cc3ncccc3C)CC2)C[C@H](O)C1(C)C. The number of aliphatic hydroxyl groups is 1. The van der Waals surface area contributed by atoms with Crippen molar-refractivity contribution in [2.24, 2.45) is 5.41 Å². The summed E-state index contributed by atoms with van der Waals surface area (Å²) in [7, 11) is 0. The van der Waals surface area contributed by atoms with Crippen molar-refractivity contribution in [3.63, 3.8) is 0 Å². The molecule has 0 unspecified atom stereocenters. The maximum absolute atomic E-state index is 12.1. The summed E-state index contributed by atoms with van der Waals surface area (Å²) in [5.74, 6) is 0.0645. The summed E-state index contributed by atoms with van der Waals surface area (Å²) in [4.78, 5) is 21.0. The van der Waals surface area contributed by atoms with E-state index in [4.69, 9.17) is 0 Å². The van der Waals surface area contributed by atoms with Crippen molar-refractivity contribution < 1.29 is 9.90 Å². The molecule has 1 amide bonds. The highest BCUT2D eigenvalue weighted by Gasteiger charge is 2.50. The lowest BCUT2D eigenvalue weighted by molar-refractivity contribution is -0.157. The normalized spacial score (nSPS) is 26.0. The van der Waals surface area contributed by atoms with Crippen molar-refractivity contribution in [1.29, 1.82) is 0 Å². The Labute approximate surface area is 151 Å². The van der Waals surface area contributed by atoms with Crippen LogP contribution in [0.4, 0.5) is 0 Å². The summed E-state index contributed by atoms with van der Waals surface area (Å²) in [6.07, 6.45) is 4.24. The molecule has 2 aliphatic rings. The highest BCUT2D eigenvalue weighted by atomic mass is 16.3. The molecule has 0 bridgehead atoms. The number of carbonyl (C=O) groups is 1. The molecule has 1 atom stereocenters. The Morgan fingerprint density at radius 3 is 2.64 bits per heavy atom. The van der Waals surface area contributed by atoms with Crippen LogP contribution in [-0.4, -0.2) is 57.1 Å². The minimum Gasteiger partial charge on any atom is -0.391 e. The number of amides is 1. The minimum absolute atomic E-state index is 0.0519. The Morgan fingerprint density at radius 2 is 2.04 bits per heavy atom. The summed E-state index contributed by atoms with van der Waals surface area (Å²) >= 11 is 0. The fourth-order valence-electron chi connectivity index (χ4n) is 4.40. The van der Waals surface area contributed by atoms with E-state index < -0.39 is 11.6 Å². The Balaban J connectivity index is 1.67. The second-order valence-electron chi connectivity index (χ2n) is 8.52. The average Bonchev–Trinajstić information content (AvgIpc) is 2.55. The molecular weight excluding hydrogens is 314 g/mol. The van der Waals surface area contributed by atoms with Gasteiger partial charge in [-0.15, -0.1) is 0 Å². The van der Waals surface area contributed by atoms with E-state index in [1.54, 1.807) is 6.92 Å². The molecule has 0 aromatic carbocycles. The van der Waals surface area contributed by atoms with Gasteiger partial charge in [0, 0.05) is 26.2 Å². The van der Waals surface area contributed by atoms with Crippen molar-refractivity contribution in [3.8, 4) is 0 Å². The van der Waals surface area contributed by atoms with Gasteiger partial charge in [0.05, 0.1) is 17.3 Å². The van der Waals surface area contributed by atoms with Crippen LogP contribution in [0, 0.1) is 12.3 Å². The zero-order valence-electron chi connectivity index (χ0n) is 16.0. The third-order valence-electron chi connectivity index (χ3n) is 6.42. The summed E-state index contributed by atoms with van der Waals surface area (Å²) in [5, 5.41) is 10.7. The van der Waals surface area contributed by atoms with E-state index in [-0.39, 0.29) is 11.3 Å². The molecule has 1 aromatic heterocycles. The zero-order chi connectivity index (χ0) is 18.2. The summed E-state index contributed by atoms with van der Waals surface area (Å²) in [6.45, 7) is 11.3. The van der Waals surface area contributed by atoms with Crippen LogP contribution in [0.3, 0.4) is 0 Å². The van der Waals surface area contributed by atoms with Crippen molar-refractivity contribution in [1.82, 2.24) is 14.8 Å². The van der Waals surface area contributed by atoms with Gasteiger partial charge in [0.1, 0.15) is 0 Å². The minimum atomic E-state index is -0.473. The topological polar surface area (TPSA) is 56.7 Å². The van der Waals surface area contributed by atoms with Crippen molar-refractivity contribution in [3.05, 3.63) is 29.6 Å². The van der Waals surface area contributed by atoms with Crippen LogP contribution in [0.15, 0.2) is 18.3 Å². The van der Waals surface area contributed by atoms with Crippen LogP contribution in [0.5, 0.6) is 0 Å². The highest BCUT2D eigenvalue weighted by molar-refractivity contribution is 5.74. The van der Waals surface area contributed by atoms with E-state index in [1.165, 1.54) is 5.56 Å².